The fourth-order valence-electron chi connectivity index (χ4n) is 1.13. The van der Waals surface area contributed by atoms with Crippen molar-refractivity contribution in [3.63, 3.8) is 0 Å². The first-order valence-electron chi connectivity index (χ1n) is 4.41. The Morgan fingerprint density at radius 2 is 2.00 bits per heavy atom. The third kappa shape index (κ3) is 3.38. The van der Waals surface area contributed by atoms with Crippen LogP contribution in [0.3, 0.4) is 0 Å². The van der Waals surface area contributed by atoms with Gasteiger partial charge in [-0.1, -0.05) is 29.1 Å². The van der Waals surface area contributed by atoms with Crippen LogP contribution in [-0.2, 0) is 4.79 Å². The van der Waals surface area contributed by atoms with Gasteiger partial charge in [-0.05, 0) is 25.0 Å². The van der Waals surface area contributed by atoms with Crippen LogP contribution in [0.15, 0.2) is 12.1 Å². The Kier molecular flexibility index (Phi) is 4.38. The van der Waals surface area contributed by atoms with Crippen LogP contribution in [0.25, 0.3) is 0 Å². The molecule has 0 atom stereocenters. The van der Waals surface area contributed by atoms with Gasteiger partial charge in [0.25, 0.3) is 5.91 Å². The molecule has 1 aromatic carbocycles. The van der Waals surface area contributed by atoms with Crippen LogP contribution in [-0.4, -0.2) is 17.0 Å². The molecule has 0 aromatic heterocycles. The first-order valence-corrected chi connectivity index (χ1v) is 5.17. The Bertz CT molecular complexity index is 544. The van der Waals surface area contributed by atoms with E-state index in [1.807, 2.05) is 0 Å². The van der Waals surface area contributed by atoms with Gasteiger partial charge in [-0.15, -0.1) is 0 Å². The second-order valence-electron chi connectivity index (χ2n) is 2.94. The van der Waals surface area contributed by atoms with Gasteiger partial charge in [-0.25, -0.2) is 4.79 Å². The lowest BCUT2D eigenvalue weighted by molar-refractivity contribution is -0.111. The molecule has 0 aliphatic carbocycles. The van der Waals surface area contributed by atoms with Crippen molar-refractivity contribution in [3.8, 4) is 11.8 Å². The molecule has 17 heavy (non-hydrogen) atoms. The minimum Gasteiger partial charge on any atom is -0.478 e. The van der Waals surface area contributed by atoms with Crippen LogP contribution in [0, 0.1) is 11.8 Å². The van der Waals surface area contributed by atoms with Crippen molar-refractivity contribution in [3.05, 3.63) is 27.7 Å². The van der Waals surface area contributed by atoms with Gasteiger partial charge in [0.05, 0.1) is 16.3 Å². The number of benzene rings is 1. The monoisotopic (exact) mass is 271 g/mol. The van der Waals surface area contributed by atoms with Crippen molar-refractivity contribution in [2.75, 3.05) is 5.32 Å². The van der Waals surface area contributed by atoms with Crippen LogP contribution in [0.1, 0.15) is 17.3 Å². The minimum absolute atomic E-state index is 0.0173. The summed E-state index contributed by atoms with van der Waals surface area (Å²) in [6.45, 7) is 1.49. The molecule has 0 fully saturated rings. The number of anilines is 1. The summed E-state index contributed by atoms with van der Waals surface area (Å²) in [5, 5.41) is 11.5. The zero-order chi connectivity index (χ0) is 13.0. The molecule has 6 heteroatoms. The number of halogens is 2. The summed E-state index contributed by atoms with van der Waals surface area (Å²) in [5.74, 6) is 2.72. The van der Waals surface area contributed by atoms with Gasteiger partial charge in [-0.2, -0.15) is 0 Å². The summed E-state index contributed by atoms with van der Waals surface area (Å²) in [4.78, 5) is 22.2. The molecule has 0 spiro atoms. The van der Waals surface area contributed by atoms with Crippen LogP contribution >= 0.6 is 23.2 Å². The number of hydrogen-bond donors (Lipinski definition) is 2. The number of nitrogens with one attached hydrogen (secondary N) is 1. The zero-order valence-corrected chi connectivity index (χ0v) is 10.2. The fraction of sp³-hybridized carbons (Fsp3) is 0.0909. The van der Waals surface area contributed by atoms with Gasteiger partial charge in [0, 0.05) is 5.02 Å². The van der Waals surface area contributed by atoms with Gasteiger partial charge in [0.2, 0.25) is 0 Å². The topological polar surface area (TPSA) is 66.4 Å². The maximum absolute atomic E-state index is 11.3. The third-order valence-corrected chi connectivity index (χ3v) is 2.28. The molecule has 0 saturated heterocycles. The summed E-state index contributed by atoms with van der Waals surface area (Å²) in [5.41, 5.74) is -0.204. The lowest BCUT2D eigenvalue weighted by atomic mass is 10.1. The number of amides is 1. The predicted molar refractivity (Wildman–Crippen MR) is 65.5 cm³/mol. The highest BCUT2D eigenvalue weighted by atomic mass is 35.5. The van der Waals surface area contributed by atoms with Crippen molar-refractivity contribution < 1.29 is 14.7 Å². The summed E-state index contributed by atoms with van der Waals surface area (Å²) in [7, 11) is 0. The third-order valence-electron chi connectivity index (χ3n) is 1.76. The molecule has 0 bridgehead atoms. The minimum atomic E-state index is -1.24. The van der Waals surface area contributed by atoms with Crippen LogP contribution in [0.4, 0.5) is 5.69 Å². The molecule has 1 amide bonds. The first kappa shape index (κ1) is 13.4. The van der Waals surface area contributed by atoms with Crippen LogP contribution in [0.5, 0.6) is 0 Å². The van der Waals surface area contributed by atoms with Crippen molar-refractivity contribution in [1.29, 1.82) is 0 Å². The second kappa shape index (κ2) is 5.58. The molecular weight excluding hydrogens is 265 g/mol. The molecule has 0 saturated carbocycles. The average molecular weight is 272 g/mol. The highest BCUT2D eigenvalue weighted by Crippen LogP contribution is 2.30. The van der Waals surface area contributed by atoms with E-state index in [1.54, 1.807) is 0 Å². The molecule has 1 rings (SSSR count). The van der Waals surface area contributed by atoms with Gasteiger partial charge >= 0.3 is 5.97 Å². The molecule has 0 radical (unpaired) electrons. The maximum Gasteiger partial charge on any atom is 0.337 e. The number of aromatic carboxylic acids is 1. The Hall–Kier alpha value is -1.70. The van der Waals surface area contributed by atoms with E-state index in [4.69, 9.17) is 28.3 Å². The van der Waals surface area contributed by atoms with E-state index in [0.717, 1.165) is 0 Å². The summed E-state index contributed by atoms with van der Waals surface area (Å²) < 4.78 is 0. The highest BCUT2D eigenvalue weighted by molar-refractivity contribution is 6.38. The largest absolute Gasteiger partial charge is 0.478 e. The Labute approximate surface area is 108 Å². The number of carbonyl (C=O) groups is 2. The average Bonchev–Trinajstić information content (AvgIpc) is 2.21. The van der Waals surface area contributed by atoms with Gasteiger partial charge in [0.15, 0.2) is 0 Å². The Balaban J connectivity index is 3.24. The smallest absolute Gasteiger partial charge is 0.337 e. The fourth-order valence-corrected chi connectivity index (χ4v) is 1.67. The maximum atomic E-state index is 11.3. The van der Waals surface area contributed by atoms with E-state index in [0.29, 0.717) is 0 Å². The molecule has 0 heterocycles. The van der Waals surface area contributed by atoms with Gasteiger partial charge in [-0.3, -0.25) is 4.79 Å². The summed E-state index contributed by atoms with van der Waals surface area (Å²) in [6, 6.07) is 2.54. The van der Waals surface area contributed by atoms with Crippen molar-refractivity contribution in [2.45, 2.75) is 6.92 Å². The van der Waals surface area contributed by atoms with Crippen LogP contribution in [0.2, 0.25) is 10.0 Å². The summed E-state index contributed by atoms with van der Waals surface area (Å²) >= 11 is 11.5. The molecule has 0 aliphatic rings. The first-order chi connectivity index (χ1) is 7.95. The van der Waals surface area contributed by atoms with Gasteiger partial charge in [0.1, 0.15) is 0 Å². The molecule has 1 aromatic rings. The SMILES string of the molecule is CC#CC(=O)Nc1c(Cl)cc(Cl)cc1C(=O)O. The van der Waals surface area contributed by atoms with E-state index in [1.165, 1.54) is 19.1 Å². The quantitative estimate of drug-likeness (QED) is 0.813. The van der Waals surface area contributed by atoms with E-state index in [9.17, 15) is 9.59 Å². The van der Waals surface area contributed by atoms with E-state index in [2.05, 4.69) is 17.2 Å². The molecular formula is C11H7Cl2NO3. The predicted octanol–water partition coefficient (Wildman–Crippen LogP) is 2.65. The van der Waals surface area contributed by atoms with Crippen molar-refractivity contribution in [2.24, 2.45) is 0 Å². The second-order valence-corrected chi connectivity index (χ2v) is 3.79. The summed E-state index contributed by atoms with van der Waals surface area (Å²) in [6.07, 6.45) is 0. The van der Waals surface area contributed by atoms with E-state index in [-0.39, 0.29) is 21.3 Å². The number of carboxylic acids is 1. The molecule has 2 N–H and O–H groups in total. The zero-order valence-electron chi connectivity index (χ0n) is 8.67. The molecule has 0 aliphatic heterocycles. The van der Waals surface area contributed by atoms with Crippen LogP contribution < -0.4 is 5.32 Å². The Morgan fingerprint density at radius 3 is 2.53 bits per heavy atom. The van der Waals surface area contributed by atoms with Crippen molar-refractivity contribution in [1.82, 2.24) is 0 Å². The standard InChI is InChI=1S/C11H7Cl2NO3/c1-2-3-9(15)14-10-7(11(16)17)4-6(12)5-8(10)13/h4-5H,1H3,(H,14,15)(H,16,17). The molecule has 88 valence electrons. The molecule has 0 unspecified atom stereocenters. The highest BCUT2D eigenvalue weighted by Gasteiger charge is 2.16. The normalized spacial score (nSPS) is 9.12. The lowest BCUT2D eigenvalue weighted by Crippen LogP contribution is -2.13. The number of carbonyl (C=O) groups excluding carboxylic acids is 1. The van der Waals surface area contributed by atoms with E-state index < -0.39 is 11.9 Å². The number of hydrogen-bond acceptors (Lipinski definition) is 2. The van der Waals surface area contributed by atoms with Crippen molar-refractivity contribution >= 4 is 40.8 Å². The lowest BCUT2D eigenvalue weighted by Gasteiger charge is -2.08. The van der Waals surface area contributed by atoms with E-state index >= 15 is 0 Å². The number of carboxylic acid groups (broad SMARTS) is 1. The number of rotatable bonds is 2. The Morgan fingerprint density at radius 1 is 1.35 bits per heavy atom. The van der Waals surface area contributed by atoms with Gasteiger partial charge < -0.3 is 10.4 Å². The molecule has 4 nitrogen and oxygen atoms in total.